The second kappa shape index (κ2) is 20.0. The van der Waals surface area contributed by atoms with Gasteiger partial charge in [0.1, 0.15) is 18.1 Å². The van der Waals surface area contributed by atoms with E-state index in [0.29, 0.717) is 31.6 Å². The summed E-state index contributed by atoms with van der Waals surface area (Å²) >= 11 is 1.50. The summed E-state index contributed by atoms with van der Waals surface area (Å²) in [6, 6.07) is -6.76. The van der Waals surface area contributed by atoms with E-state index in [0.717, 1.165) is 6.92 Å². The van der Waals surface area contributed by atoms with Crippen LogP contribution in [0, 0.1) is 0 Å². The summed E-state index contributed by atoms with van der Waals surface area (Å²) in [5, 5.41) is 37.5. The largest absolute Gasteiger partial charge is 0.480 e. The van der Waals surface area contributed by atoms with Crippen molar-refractivity contribution in [2.24, 2.45) is 17.2 Å². The molecular weight excluding hydrogens is 550 g/mol. The fourth-order valence-corrected chi connectivity index (χ4v) is 3.84. The highest BCUT2D eigenvalue weighted by Gasteiger charge is 2.32. The lowest BCUT2D eigenvalue weighted by Crippen LogP contribution is -2.60. The highest BCUT2D eigenvalue weighted by atomic mass is 32.2. The van der Waals surface area contributed by atoms with Crippen LogP contribution in [0.2, 0.25) is 0 Å². The van der Waals surface area contributed by atoms with Gasteiger partial charge in [-0.2, -0.15) is 11.8 Å². The van der Waals surface area contributed by atoms with E-state index < -0.39 is 78.4 Å². The molecule has 0 aromatic heterocycles. The van der Waals surface area contributed by atoms with Crippen LogP contribution in [-0.4, -0.2) is 112 Å². The van der Waals surface area contributed by atoms with Crippen LogP contribution < -0.4 is 38.5 Å². The Hall–Kier alpha value is -2.99. The van der Waals surface area contributed by atoms with Crippen molar-refractivity contribution in [2.45, 2.75) is 81.8 Å². The van der Waals surface area contributed by atoms with Gasteiger partial charge in [-0.15, -0.1) is 0 Å². The van der Waals surface area contributed by atoms with Gasteiger partial charge in [0.2, 0.25) is 29.5 Å². The normalized spacial score (nSPS) is 15.4. The number of carboxylic acids is 1. The van der Waals surface area contributed by atoms with E-state index >= 15 is 0 Å². The maximum Gasteiger partial charge on any atom is 0.328 e. The Labute approximate surface area is 236 Å². The predicted molar refractivity (Wildman–Crippen MR) is 146 cm³/mol. The molecule has 6 atom stereocenters. The smallest absolute Gasteiger partial charge is 0.328 e. The van der Waals surface area contributed by atoms with E-state index in [2.05, 4.69) is 16.0 Å². The van der Waals surface area contributed by atoms with Crippen LogP contribution >= 0.6 is 11.8 Å². The van der Waals surface area contributed by atoms with Crippen molar-refractivity contribution in [3.8, 4) is 0 Å². The lowest BCUT2D eigenvalue weighted by molar-refractivity contribution is -0.145. The summed E-state index contributed by atoms with van der Waals surface area (Å²) in [4.78, 5) is 73.8. The summed E-state index contributed by atoms with van der Waals surface area (Å²) in [7, 11) is 0. The van der Waals surface area contributed by atoms with Crippen LogP contribution in [0.4, 0.5) is 0 Å². The number of amides is 5. The Morgan fingerprint density at radius 1 is 0.825 bits per heavy atom. The highest BCUT2D eigenvalue weighted by Crippen LogP contribution is 2.06. The van der Waals surface area contributed by atoms with Gasteiger partial charge in [0.05, 0.1) is 18.8 Å². The first-order chi connectivity index (χ1) is 18.8. The zero-order valence-electron chi connectivity index (χ0n) is 22.8. The molecule has 5 amide bonds. The Balaban J connectivity index is 5.70. The van der Waals surface area contributed by atoms with Crippen LogP contribution in [0.15, 0.2) is 0 Å². The van der Waals surface area contributed by atoms with Crippen LogP contribution in [-0.2, 0) is 28.8 Å². The molecule has 13 N–H and O–H groups in total. The molecule has 0 spiro atoms. The molecule has 0 radical (unpaired) electrons. The Morgan fingerprint density at radius 2 is 1.35 bits per heavy atom. The number of aliphatic hydroxyl groups is 2. The number of nitrogens with two attached hydrogens (primary N) is 3. The van der Waals surface area contributed by atoms with E-state index in [4.69, 9.17) is 22.3 Å². The summed E-state index contributed by atoms with van der Waals surface area (Å²) in [5.74, 6) is -5.14. The van der Waals surface area contributed by atoms with Gasteiger partial charge in [-0.1, -0.05) is 0 Å². The highest BCUT2D eigenvalue weighted by molar-refractivity contribution is 7.98. The molecule has 0 aliphatic heterocycles. The summed E-state index contributed by atoms with van der Waals surface area (Å²) in [5.41, 5.74) is 16.6. The molecule has 0 fully saturated rings. The van der Waals surface area contributed by atoms with Gasteiger partial charge >= 0.3 is 5.97 Å². The van der Waals surface area contributed by atoms with Crippen molar-refractivity contribution in [1.82, 2.24) is 21.3 Å². The van der Waals surface area contributed by atoms with Gasteiger partial charge in [0.25, 0.3) is 0 Å². The van der Waals surface area contributed by atoms with Crippen molar-refractivity contribution < 1.29 is 44.1 Å². The quantitative estimate of drug-likeness (QED) is 0.0568. The molecule has 16 nitrogen and oxygen atoms in total. The minimum atomic E-state index is -1.72. The number of nitrogens with one attached hydrogen (secondary N) is 4. The van der Waals surface area contributed by atoms with Gasteiger partial charge in [-0.25, -0.2) is 4.79 Å². The number of thioether (sulfide) groups is 1. The fourth-order valence-electron chi connectivity index (χ4n) is 3.35. The zero-order chi connectivity index (χ0) is 30.8. The Kier molecular flexibility index (Phi) is 18.5. The summed E-state index contributed by atoms with van der Waals surface area (Å²) in [6.45, 7) is 0.521. The molecule has 0 bridgehead atoms. The first kappa shape index (κ1) is 37.0. The molecule has 40 heavy (non-hydrogen) atoms. The molecule has 17 heteroatoms. The number of primary amides is 1. The van der Waals surface area contributed by atoms with Gasteiger partial charge in [0, 0.05) is 6.42 Å². The van der Waals surface area contributed by atoms with Gasteiger partial charge in [-0.05, 0) is 57.6 Å². The van der Waals surface area contributed by atoms with E-state index in [1.807, 2.05) is 11.6 Å². The summed E-state index contributed by atoms with van der Waals surface area (Å²) < 4.78 is 0. The van der Waals surface area contributed by atoms with Crippen molar-refractivity contribution in [3.63, 3.8) is 0 Å². The third-order valence-electron chi connectivity index (χ3n) is 5.72. The van der Waals surface area contributed by atoms with E-state index in [1.54, 1.807) is 0 Å². The SMILES string of the molecule is CSCC[C@H](N)C(=O)N[C@@H](CCCCN)C(=O)N[C@@H](CCC(N)=O)C(=O)N[C@@H](CO)C(=O)N[C@H](C(=O)O)[C@@H](C)O. The van der Waals surface area contributed by atoms with E-state index in [9.17, 15) is 39.0 Å². The van der Waals surface area contributed by atoms with Crippen LogP contribution in [0.3, 0.4) is 0 Å². The average molecular weight is 594 g/mol. The number of hydrogen-bond acceptors (Lipinski definition) is 11. The Bertz CT molecular complexity index is 863. The zero-order valence-corrected chi connectivity index (χ0v) is 23.6. The third-order valence-corrected chi connectivity index (χ3v) is 6.37. The van der Waals surface area contributed by atoms with E-state index in [1.165, 1.54) is 11.8 Å². The number of aliphatic carboxylic acids is 1. The lowest BCUT2D eigenvalue weighted by Gasteiger charge is -2.26. The number of aliphatic hydroxyl groups excluding tert-OH is 2. The Morgan fingerprint density at radius 3 is 1.82 bits per heavy atom. The minimum Gasteiger partial charge on any atom is -0.480 e. The second-order valence-corrected chi connectivity index (χ2v) is 10.1. The monoisotopic (exact) mass is 593 g/mol. The van der Waals surface area contributed by atoms with Crippen molar-refractivity contribution in [3.05, 3.63) is 0 Å². The minimum absolute atomic E-state index is 0.172. The molecular formula is C23H43N7O9S. The van der Waals surface area contributed by atoms with Crippen molar-refractivity contribution in [2.75, 3.05) is 25.2 Å². The number of carbonyl (C=O) groups excluding carboxylic acids is 5. The fraction of sp³-hybridized carbons (Fsp3) is 0.739. The standard InChI is InChI=1S/C23H43N7O9S/c1-12(32)18(23(38)39)30-22(37)16(11-31)29-21(36)15(6-7-17(26)33)28-20(35)14(5-3-4-9-24)27-19(34)13(25)8-10-40-2/h12-16,18,31-32H,3-11,24-25H2,1-2H3,(H2,26,33)(H,27,34)(H,28,35)(H,29,36)(H,30,37)(H,38,39)/t12-,13+,14+,15+,16+,18+/m1/s1. The molecule has 0 saturated carbocycles. The molecule has 0 aromatic rings. The molecule has 0 aliphatic rings. The van der Waals surface area contributed by atoms with Crippen LogP contribution in [0.1, 0.15) is 45.4 Å². The molecule has 0 heterocycles. The molecule has 0 rings (SSSR count). The lowest BCUT2D eigenvalue weighted by atomic mass is 10.0. The van der Waals surface area contributed by atoms with Crippen molar-refractivity contribution >= 4 is 47.3 Å². The first-order valence-electron chi connectivity index (χ1n) is 12.7. The number of hydrogen-bond donors (Lipinski definition) is 10. The number of carbonyl (C=O) groups is 6. The van der Waals surface area contributed by atoms with Gasteiger partial charge in [-0.3, -0.25) is 24.0 Å². The molecule has 0 saturated heterocycles. The molecule has 0 aliphatic carbocycles. The maximum atomic E-state index is 13.1. The molecule has 0 aromatic carbocycles. The first-order valence-corrected chi connectivity index (χ1v) is 14.1. The number of rotatable bonds is 21. The maximum absolute atomic E-state index is 13.1. The summed E-state index contributed by atoms with van der Waals surface area (Å²) in [6.07, 6.45) is 1.32. The van der Waals surface area contributed by atoms with E-state index in [-0.39, 0.29) is 19.3 Å². The van der Waals surface area contributed by atoms with Gasteiger partial charge in [0.15, 0.2) is 6.04 Å². The van der Waals surface area contributed by atoms with Crippen LogP contribution in [0.5, 0.6) is 0 Å². The topological polar surface area (TPSA) is 289 Å². The predicted octanol–water partition coefficient (Wildman–Crippen LogP) is -4.14. The third kappa shape index (κ3) is 14.4. The van der Waals surface area contributed by atoms with Crippen LogP contribution in [0.25, 0.3) is 0 Å². The van der Waals surface area contributed by atoms with Crippen molar-refractivity contribution in [1.29, 1.82) is 0 Å². The van der Waals surface area contributed by atoms with Gasteiger partial charge < -0.3 is 53.8 Å². The molecule has 230 valence electrons. The number of carboxylic acid groups (broad SMARTS) is 1. The average Bonchev–Trinajstić information content (AvgIpc) is 2.89. The molecule has 0 unspecified atom stereocenters. The number of unbranched alkanes of at least 4 members (excludes halogenated alkanes) is 1. The second-order valence-electron chi connectivity index (χ2n) is 9.11.